The minimum absolute atomic E-state index is 0.0237. The van der Waals surface area contributed by atoms with Crippen LogP contribution >= 0.6 is 31.9 Å². The van der Waals surface area contributed by atoms with E-state index in [0.717, 1.165) is 10.0 Å². The third-order valence-corrected chi connectivity index (χ3v) is 4.96. The molecule has 0 unspecified atom stereocenters. The van der Waals surface area contributed by atoms with Crippen molar-refractivity contribution in [1.29, 1.82) is 0 Å². The van der Waals surface area contributed by atoms with Crippen molar-refractivity contribution in [2.24, 2.45) is 4.99 Å². The average molecular weight is 415 g/mol. The Hall–Kier alpha value is -1.53. The van der Waals surface area contributed by atoms with E-state index in [1.165, 1.54) is 13.3 Å². The van der Waals surface area contributed by atoms with E-state index in [4.69, 9.17) is 4.74 Å². The first-order chi connectivity index (χ1) is 9.95. The standard InChI is InChI=1S/C15H13Br2NO3/c1-8-4-3-5-11(19)14(8)18-7-9-13(17)10(16)6-12(21-2)15(9)20/h3-7,19-20H,1-2H3. The Morgan fingerprint density at radius 2 is 1.95 bits per heavy atom. The summed E-state index contributed by atoms with van der Waals surface area (Å²) in [4.78, 5) is 4.27. The first kappa shape index (κ1) is 15.9. The van der Waals surface area contributed by atoms with Crippen LogP contribution < -0.4 is 4.74 Å². The number of para-hydroxylation sites is 1. The number of rotatable bonds is 3. The molecule has 0 saturated heterocycles. The highest BCUT2D eigenvalue weighted by Gasteiger charge is 2.14. The van der Waals surface area contributed by atoms with Gasteiger partial charge in [0.05, 0.1) is 12.7 Å². The number of benzene rings is 2. The summed E-state index contributed by atoms with van der Waals surface area (Å²) < 4.78 is 6.49. The van der Waals surface area contributed by atoms with E-state index in [0.29, 0.717) is 21.5 Å². The molecule has 0 saturated carbocycles. The maximum absolute atomic E-state index is 10.2. The van der Waals surface area contributed by atoms with Crippen molar-refractivity contribution in [2.75, 3.05) is 7.11 Å². The first-order valence-electron chi connectivity index (χ1n) is 6.03. The lowest BCUT2D eigenvalue weighted by Gasteiger charge is -2.10. The van der Waals surface area contributed by atoms with Crippen LogP contribution in [-0.4, -0.2) is 23.5 Å². The summed E-state index contributed by atoms with van der Waals surface area (Å²) in [6.45, 7) is 1.85. The van der Waals surface area contributed by atoms with Crippen molar-refractivity contribution in [3.05, 3.63) is 44.3 Å². The van der Waals surface area contributed by atoms with Gasteiger partial charge in [-0.25, -0.2) is 0 Å². The molecular formula is C15H13Br2NO3. The summed E-state index contributed by atoms with van der Waals surface area (Å²) in [5.41, 5.74) is 1.76. The van der Waals surface area contributed by atoms with Crippen molar-refractivity contribution in [3.8, 4) is 17.2 Å². The predicted octanol–water partition coefficient (Wildman–Crippen LogP) is 4.69. The fourth-order valence-electron chi connectivity index (χ4n) is 1.83. The van der Waals surface area contributed by atoms with Crippen LogP contribution in [0.3, 0.4) is 0 Å². The summed E-state index contributed by atoms with van der Waals surface area (Å²) in [6.07, 6.45) is 1.48. The number of aliphatic imine (C=N–C) groups is 1. The summed E-state index contributed by atoms with van der Waals surface area (Å²) >= 11 is 6.77. The lowest BCUT2D eigenvalue weighted by atomic mass is 10.1. The van der Waals surface area contributed by atoms with Gasteiger partial charge in [0, 0.05) is 15.2 Å². The zero-order chi connectivity index (χ0) is 15.6. The van der Waals surface area contributed by atoms with Crippen LogP contribution in [0.15, 0.2) is 38.2 Å². The fourth-order valence-corrected chi connectivity index (χ4v) is 2.65. The molecule has 0 spiro atoms. The maximum Gasteiger partial charge on any atom is 0.167 e. The molecule has 0 aliphatic rings. The molecule has 0 aromatic heterocycles. The molecular weight excluding hydrogens is 402 g/mol. The molecule has 2 N–H and O–H groups in total. The summed E-state index contributed by atoms with van der Waals surface area (Å²) in [5, 5.41) is 20.0. The van der Waals surface area contributed by atoms with Gasteiger partial charge in [-0.3, -0.25) is 4.99 Å². The van der Waals surface area contributed by atoms with Gasteiger partial charge in [-0.05, 0) is 56.5 Å². The van der Waals surface area contributed by atoms with Gasteiger partial charge in [-0.2, -0.15) is 0 Å². The Kier molecular flexibility index (Phi) is 4.90. The summed E-state index contributed by atoms with van der Waals surface area (Å²) in [7, 11) is 1.48. The van der Waals surface area contributed by atoms with Crippen LogP contribution in [0.2, 0.25) is 0 Å². The summed E-state index contributed by atoms with van der Waals surface area (Å²) in [5.74, 6) is 0.397. The molecule has 0 aliphatic carbocycles. The SMILES string of the molecule is COc1cc(Br)c(Br)c(C=Nc2c(C)cccc2O)c1O. The van der Waals surface area contributed by atoms with Gasteiger partial charge in [-0.1, -0.05) is 12.1 Å². The molecule has 0 aliphatic heterocycles. The lowest BCUT2D eigenvalue weighted by Crippen LogP contribution is -1.92. The molecule has 0 atom stereocenters. The minimum atomic E-state index is -0.0237. The van der Waals surface area contributed by atoms with E-state index in [1.807, 2.05) is 13.0 Å². The van der Waals surface area contributed by atoms with E-state index < -0.39 is 0 Å². The second-order valence-corrected chi connectivity index (χ2v) is 5.99. The molecule has 2 aromatic rings. The van der Waals surface area contributed by atoms with Gasteiger partial charge in [0.15, 0.2) is 11.5 Å². The van der Waals surface area contributed by atoms with Gasteiger partial charge in [0.2, 0.25) is 0 Å². The molecule has 0 bridgehead atoms. The smallest absolute Gasteiger partial charge is 0.167 e. The number of phenolic OH excluding ortho intramolecular Hbond substituents is 2. The Labute approximate surface area is 139 Å². The number of aromatic hydroxyl groups is 2. The normalized spacial score (nSPS) is 11.0. The number of ether oxygens (including phenoxy) is 1. The summed E-state index contributed by atoms with van der Waals surface area (Å²) in [6, 6.07) is 6.82. The van der Waals surface area contributed by atoms with Gasteiger partial charge in [-0.15, -0.1) is 0 Å². The Balaban J connectivity index is 2.53. The fraction of sp³-hybridized carbons (Fsp3) is 0.133. The first-order valence-corrected chi connectivity index (χ1v) is 7.62. The molecule has 6 heteroatoms. The Morgan fingerprint density at radius 1 is 1.24 bits per heavy atom. The number of hydrogen-bond donors (Lipinski definition) is 2. The zero-order valence-corrected chi connectivity index (χ0v) is 14.6. The number of halogens is 2. The highest BCUT2D eigenvalue weighted by atomic mass is 79.9. The van der Waals surface area contributed by atoms with Crippen molar-refractivity contribution < 1.29 is 14.9 Å². The van der Waals surface area contributed by atoms with Crippen molar-refractivity contribution >= 4 is 43.8 Å². The molecule has 0 radical (unpaired) electrons. The lowest BCUT2D eigenvalue weighted by molar-refractivity contribution is 0.372. The zero-order valence-electron chi connectivity index (χ0n) is 11.4. The van der Waals surface area contributed by atoms with Crippen LogP contribution in [0.25, 0.3) is 0 Å². The van der Waals surface area contributed by atoms with Crippen LogP contribution in [0, 0.1) is 6.92 Å². The second kappa shape index (κ2) is 6.49. The third kappa shape index (κ3) is 3.22. The largest absolute Gasteiger partial charge is 0.506 e. The molecule has 4 nitrogen and oxygen atoms in total. The Morgan fingerprint density at radius 3 is 2.57 bits per heavy atom. The van der Waals surface area contributed by atoms with Crippen LogP contribution in [0.1, 0.15) is 11.1 Å². The minimum Gasteiger partial charge on any atom is -0.506 e. The van der Waals surface area contributed by atoms with E-state index in [2.05, 4.69) is 36.9 Å². The predicted molar refractivity (Wildman–Crippen MR) is 90.2 cm³/mol. The van der Waals surface area contributed by atoms with Gasteiger partial charge in [0.1, 0.15) is 11.4 Å². The molecule has 21 heavy (non-hydrogen) atoms. The average Bonchev–Trinajstić information content (AvgIpc) is 2.45. The van der Waals surface area contributed by atoms with Gasteiger partial charge in [0.25, 0.3) is 0 Å². The van der Waals surface area contributed by atoms with Crippen LogP contribution in [0.4, 0.5) is 5.69 Å². The van der Waals surface area contributed by atoms with E-state index >= 15 is 0 Å². The van der Waals surface area contributed by atoms with E-state index in [1.54, 1.807) is 18.2 Å². The van der Waals surface area contributed by atoms with Gasteiger partial charge < -0.3 is 14.9 Å². The quantitative estimate of drug-likeness (QED) is 0.716. The van der Waals surface area contributed by atoms with E-state index in [-0.39, 0.29) is 11.5 Å². The number of aryl methyl sites for hydroxylation is 1. The monoisotopic (exact) mass is 413 g/mol. The Bertz CT molecular complexity index is 694. The van der Waals surface area contributed by atoms with Crippen molar-refractivity contribution in [3.63, 3.8) is 0 Å². The number of nitrogens with zero attached hydrogens (tertiary/aromatic N) is 1. The maximum atomic E-state index is 10.2. The highest BCUT2D eigenvalue weighted by molar-refractivity contribution is 9.13. The topological polar surface area (TPSA) is 62.0 Å². The molecule has 0 fully saturated rings. The molecule has 0 heterocycles. The molecule has 110 valence electrons. The molecule has 0 amide bonds. The number of phenols is 2. The number of methoxy groups -OCH3 is 1. The highest BCUT2D eigenvalue weighted by Crippen LogP contribution is 2.40. The molecule has 2 rings (SSSR count). The number of hydrogen-bond acceptors (Lipinski definition) is 4. The van der Waals surface area contributed by atoms with Crippen LogP contribution in [0.5, 0.6) is 17.2 Å². The van der Waals surface area contributed by atoms with Gasteiger partial charge >= 0.3 is 0 Å². The van der Waals surface area contributed by atoms with Crippen LogP contribution in [-0.2, 0) is 0 Å². The van der Waals surface area contributed by atoms with Crippen molar-refractivity contribution in [1.82, 2.24) is 0 Å². The van der Waals surface area contributed by atoms with E-state index in [9.17, 15) is 10.2 Å². The second-order valence-electron chi connectivity index (χ2n) is 4.34. The third-order valence-electron chi connectivity index (χ3n) is 2.95. The van der Waals surface area contributed by atoms with Crippen molar-refractivity contribution in [2.45, 2.75) is 6.92 Å². The molecule has 2 aromatic carbocycles.